The van der Waals surface area contributed by atoms with Crippen LogP contribution >= 0.6 is 12.4 Å². The van der Waals surface area contributed by atoms with Gasteiger partial charge in [0.1, 0.15) is 0 Å². The first kappa shape index (κ1) is 21.6. The molecule has 132 valence electrons. The number of carbonyl (C=O) groups excluding carboxylic acids is 1. The number of piperidine rings is 1. The standard InChI is InChI=1S/C14H29N3O3S.ClH/c1-3-17(21(2,19)20)12-4-9-16-14(18)6-5-13-7-10-15-11-8-13;/h13,15H,3-12H2,1-2H3,(H,16,18);1H. The zero-order valence-corrected chi connectivity index (χ0v) is 15.3. The van der Waals surface area contributed by atoms with Crippen LogP contribution in [-0.2, 0) is 14.8 Å². The Kier molecular flexibility index (Phi) is 11.0. The molecule has 0 aromatic heterocycles. The number of hydrogen-bond acceptors (Lipinski definition) is 4. The first-order valence-corrected chi connectivity index (χ1v) is 9.71. The minimum atomic E-state index is -3.13. The van der Waals surface area contributed by atoms with Crippen molar-refractivity contribution in [2.24, 2.45) is 5.92 Å². The Morgan fingerprint density at radius 3 is 2.50 bits per heavy atom. The molecule has 1 saturated heterocycles. The smallest absolute Gasteiger partial charge is 0.220 e. The molecule has 1 rings (SSSR count). The van der Waals surface area contributed by atoms with E-state index < -0.39 is 10.0 Å². The molecule has 1 heterocycles. The number of rotatable bonds is 9. The minimum absolute atomic E-state index is 0. The summed E-state index contributed by atoms with van der Waals surface area (Å²) in [5.41, 5.74) is 0. The van der Waals surface area contributed by atoms with E-state index in [1.807, 2.05) is 6.92 Å². The number of halogens is 1. The molecule has 0 aliphatic carbocycles. The number of carbonyl (C=O) groups is 1. The lowest BCUT2D eigenvalue weighted by Crippen LogP contribution is -2.33. The summed E-state index contributed by atoms with van der Waals surface area (Å²) in [5.74, 6) is 0.744. The zero-order chi connectivity index (χ0) is 15.7. The van der Waals surface area contributed by atoms with Gasteiger partial charge >= 0.3 is 0 Å². The van der Waals surface area contributed by atoms with Crippen LogP contribution in [0.2, 0.25) is 0 Å². The highest BCUT2D eigenvalue weighted by atomic mass is 35.5. The first-order chi connectivity index (χ1) is 9.93. The SMILES string of the molecule is CCN(CCCNC(=O)CCC1CCNCC1)S(C)(=O)=O.Cl. The van der Waals surface area contributed by atoms with Crippen LogP contribution in [0.4, 0.5) is 0 Å². The summed E-state index contributed by atoms with van der Waals surface area (Å²) in [6.45, 7) is 5.41. The molecule has 1 aliphatic heterocycles. The van der Waals surface area contributed by atoms with Crippen molar-refractivity contribution in [3.63, 3.8) is 0 Å². The Morgan fingerprint density at radius 2 is 1.95 bits per heavy atom. The molecule has 0 radical (unpaired) electrons. The summed E-state index contributed by atoms with van der Waals surface area (Å²) >= 11 is 0. The summed E-state index contributed by atoms with van der Waals surface area (Å²) < 4.78 is 24.2. The Bertz CT molecular complexity index is 412. The molecular formula is C14H30ClN3O3S. The van der Waals surface area contributed by atoms with Crippen molar-refractivity contribution in [1.29, 1.82) is 0 Å². The van der Waals surface area contributed by atoms with Gasteiger partial charge in [-0.25, -0.2) is 12.7 Å². The number of nitrogens with one attached hydrogen (secondary N) is 2. The minimum Gasteiger partial charge on any atom is -0.356 e. The molecule has 0 bridgehead atoms. The maximum Gasteiger partial charge on any atom is 0.220 e. The maximum absolute atomic E-state index is 11.7. The predicted octanol–water partition coefficient (Wildman–Crippen LogP) is 0.976. The number of amides is 1. The lowest BCUT2D eigenvalue weighted by molar-refractivity contribution is -0.121. The average molecular weight is 356 g/mol. The van der Waals surface area contributed by atoms with Crippen molar-refractivity contribution in [2.75, 3.05) is 39.0 Å². The van der Waals surface area contributed by atoms with Crippen molar-refractivity contribution in [2.45, 2.75) is 39.0 Å². The summed E-state index contributed by atoms with van der Waals surface area (Å²) in [6.07, 6.45) is 5.72. The number of nitrogens with zero attached hydrogens (tertiary/aromatic N) is 1. The Labute approximate surface area is 140 Å². The average Bonchev–Trinajstić information content (AvgIpc) is 2.45. The second-order valence-corrected chi connectivity index (χ2v) is 7.67. The molecule has 6 nitrogen and oxygen atoms in total. The van der Waals surface area contributed by atoms with Gasteiger partial charge in [-0.2, -0.15) is 0 Å². The largest absolute Gasteiger partial charge is 0.356 e. The van der Waals surface area contributed by atoms with Gasteiger partial charge in [-0.3, -0.25) is 4.79 Å². The maximum atomic E-state index is 11.7. The molecular weight excluding hydrogens is 326 g/mol. The van der Waals surface area contributed by atoms with E-state index in [0.717, 1.165) is 32.4 Å². The van der Waals surface area contributed by atoms with Crippen molar-refractivity contribution < 1.29 is 13.2 Å². The van der Waals surface area contributed by atoms with Crippen LogP contribution in [0.25, 0.3) is 0 Å². The molecule has 0 aromatic rings. The van der Waals surface area contributed by atoms with E-state index in [1.165, 1.54) is 10.6 Å². The molecule has 0 saturated carbocycles. The first-order valence-electron chi connectivity index (χ1n) is 7.86. The van der Waals surface area contributed by atoms with E-state index in [4.69, 9.17) is 0 Å². The van der Waals surface area contributed by atoms with E-state index >= 15 is 0 Å². The Morgan fingerprint density at radius 1 is 1.32 bits per heavy atom. The molecule has 0 atom stereocenters. The monoisotopic (exact) mass is 355 g/mol. The topological polar surface area (TPSA) is 78.5 Å². The fourth-order valence-corrected chi connectivity index (χ4v) is 3.57. The van der Waals surface area contributed by atoms with Crippen LogP contribution in [-0.4, -0.2) is 57.6 Å². The van der Waals surface area contributed by atoms with Crippen molar-refractivity contribution >= 4 is 28.3 Å². The number of hydrogen-bond donors (Lipinski definition) is 2. The van der Waals surface area contributed by atoms with Gasteiger partial charge in [-0.05, 0) is 44.7 Å². The molecule has 1 aliphatic rings. The van der Waals surface area contributed by atoms with Crippen molar-refractivity contribution in [1.82, 2.24) is 14.9 Å². The van der Waals surface area contributed by atoms with E-state index in [2.05, 4.69) is 10.6 Å². The highest BCUT2D eigenvalue weighted by Crippen LogP contribution is 2.17. The van der Waals surface area contributed by atoms with Crippen LogP contribution in [0.1, 0.15) is 39.0 Å². The van der Waals surface area contributed by atoms with Gasteiger partial charge in [-0.1, -0.05) is 6.92 Å². The summed E-state index contributed by atoms with van der Waals surface area (Å²) in [6, 6.07) is 0. The fraction of sp³-hybridized carbons (Fsp3) is 0.929. The third-order valence-electron chi connectivity index (χ3n) is 3.97. The van der Waals surface area contributed by atoms with Crippen molar-refractivity contribution in [3.8, 4) is 0 Å². The van der Waals surface area contributed by atoms with Gasteiger partial charge in [0, 0.05) is 26.1 Å². The second-order valence-electron chi connectivity index (χ2n) is 5.69. The molecule has 22 heavy (non-hydrogen) atoms. The van der Waals surface area contributed by atoms with E-state index in [0.29, 0.717) is 38.4 Å². The van der Waals surface area contributed by atoms with Gasteiger partial charge in [0.05, 0.1) is 6.26 Å². The third kappa shape index (κ3) is 8.92. The van der Waals surface area contributed by atoms with Gasteiger partial charge in [0.2, 0.25) is 15.9 Å². The molecule has 0 aromatic carbocycles. The predicted molar refractivity (Wildman–Crippen MR) is 91.8 cm³/mol. The highest BCUT2D eigenvalue weighted by Gasteiger charge is 2.15. The Balaban J connectivity index is 0.00000441. The van der Waals surface area contributed by atoms with Gasteiger partial charge in [0.25, 0.3) is 0 Å². The molecule has 8 heteroatoms. The summed E-state index contributed by atoms with van der Waals surface area (Å²) in [7, 11) is -3.13. The van der Waals surface area contributed by atoms with E-state index in [9.17, 15) is 13.2 Å². The lowest BCUT2D eigenvalue weighted by Gasteiger charge is -2.22. The quantitative estimate of drug-likeness (QED) is 0.604. The highest BCUT2D eigenvalue weighted by molar-refractivity contribution is 7.88. The number of sulfonamides is 1. The van der Waals surface area contributed by atoms with Gasteiger partial charge < -0.3 is 10.6 Å². The lowest BCUT2D eigenvalue weighted by atomic mass is 9.93. The van der Waals surface area contributed by atoms with Crippen LogP contribution in [0.3, 0.4) is 0 Å². The van der Waals surface area contributed by atoms with E-state index in [-0.39, 0.29) is 18.3 Å². The fourth-order valence-electron chi connectivity index (χ4n) is 2.64. The summed E-state index contributed by atoms with van der Waals surface area (Å²) in [4.78, 5) is 11.7. The van der Waals surface area contributed by atoms with E-state index in [1.54, 1.807) is 0 Å². The molecule has 2 N–H and O–H groups in total. The van der Waals surface area contributed by atoms with Gasteiger partial charge in [0.15, 0.2) is 0 Å². The van der Waals surface area contributed by atoms with Crippen LogP contribution < -0.4 is 10.6 Å². The normalized spacial score (nSPS) is 16.3. The molecule has 1 amide bonds. The van der Waals surface area contributed by atoms with Crippen LogP contribution in [0.5, 0.6) is 0 Å². The van der Waals surface area contributed by atoms with Crippen LogP contribution in [0, 0.1) is 5.92 Å². The van der Waals surface area contributed by atoms with Gasteiger partial charge in [-0.15, -0.1) is 12.4 Å². The molecule has 0 unspecified atom stereocenters. The molecule has 1 fully saturated rings. The Hall–Kier alpha value is -0.370. The van der Waals surface area contributed by atoms with Crippen LogP contribution in [0.15, 0.2) is 0 Å². The second kappa shape index (κ2) is 11.2. The van der Waals surface area contributed by atoms with Crippen molar-refractivity contribution in [3.05, 3.63) is 0 Å². The third-order valence-corrected chi connectivity index (χ3v) is 5.35. The molecule has 0 spiro atoms. The zero-order valence-electron chi connectivity index (χ0n) is 13.6. The summed E-state index contributed by atoms with van der Waals surface area (Å²) in [5, 5.41) is 6.20.